The molecular formula is C56H62NO15P. The number of phosphoric acid groups is 1. The van der Waals surface area contributed by atoms with Gasteiger partial charge in [0.05, 0.1) is 29.9 Å². The number of phosphoric ester groups is 1. The summed E-state index contributed by atoms with van der Waals surface area (Å²) in [4.78, 5) is 68.1. The Hall–Kier alpha value is -6.68. The zero-order valence-electron chi connectivity index (χ0n) is 41.0. The summed E-state index contributed by atoms with van der Waals surface area (Å²) in [6, 6.07) is 40.0. The van der Waals surface area contributed by atoms with Crippen LogP contribution in [0.25, 0.3) is 11.1 Å². The number of hydrogen-bond acceptors (Lipinski definition) is 15. The Morgan fingerprint density at radius 1 is 0.534 bits per heavy atom. The Morgan fingerprint density at radius 2 is 1.01 bits per heavy atom. The van der Waals surface area contributed by atoms with Crippen LogP contribution in [0.3, 0.4) is 0 Å². The number of unbranched alkanes of at least 4 members (excludes halogenated alkanes) is 4. The van der Waals surface area contributed by atoms with Crippen molar-refractivity contribution in [1.29, 1.82) is 0 Å². The molecule has 1 fully saturated rings. The lowest BCUT2D eigenvalue weighted by atomic mass is 9.97. The molecule has 17 heteroatoms. The van der Waals surface area contributed by atoms with Gasteiger partial charge >= 0.3 is 37.8 Å². The second kappa shape index (κ2) is 27.4. The van der Waals surface area contributed by atoms with Crippen LogP contribution in [0.5, 0.6) is 0 Å². The summed E-state index contributed by atoms with van der Waals surface area (Å²) in [5.74, 6) is -3.41. The maximum Gasteiger partial charge on any atom is 0.477 e. The zero-order valence-corrected chi connectivity index (χ0v) is 41.9. The molecule has 386 valence electrons. The minimum atomic E-state index is -4.55. The van der Waals surface area contributed by atoms with Crippen LogP contribution in [0.4, 0.5) is 4.79 Å². The highest BCUT2D eigenvalue weighted by molar-refractivity contribution is 7.48. The van der Waals surface area contributed by atoms with Crippen LogP contribution in [-0.2, 0) is 51.4 Å². The second-order valence-corrected chi connectivity index (χ2v) is 19.0. The first-order valence-corrected chi connectivity index (χ1v) is 26.3. The van der Waals surface area contributed by atoms with E-state index in [2.05, 4.69) is 29.6 Å². The molecule has 5 aromatic rings. The molecule has 16 nitrogen and oxygen atoms in total. The van der Waals surface area contributed by atoms with E-state index in [4.69, 9.17) is 42.0 Å². The van der Waals surface area contributed by atoms with Crippen molar-refractivity contribution in [3.63, 3.8) is 0 Å². The van der Waals surface area contributed by atoms with Crippen LogP contribution in [0.1, 0.15) is 113 Å². The average molecular weight is 1020 g/mol. The minimum Gasteiger partial charge on any atom is -0.463 e. The number of alkyl carbamates (subject to hydrolysis) is 1. The third kappa shape index (κ3) is 15.2. The number of ether oxygens (including phenoxy) is 6. The number of hydrogen-bond donors (Lipinski definition) is 1. The molecule has 7 rings (SSSR count). The summed E-state index contributed by atoms with van der Waals surface area (Å²) in [5.41, 5.74) is 4.80. The minimum absolute atomic E-state index is 0.0304. The molecule has 0 unspecified atom stereocenters. The van der Waals surface area contributed by atoms with Crippen molar-refractivity contribution >= 4 is 37.8 Å². The van der Waals surface area contributed by atoms with Crippen molar-refractivity contribution in [3.8, 4) is 11.1 Å². The first kappa shape index (κ1) is 54.1. The molecule has 73 heavy (non-hydrogen) atoms. The number of nitrogens with one attached hydrogen (secondary N) is 1. The lowest BCUT2D eigenvalue weighted by Crippen LogP contribution is -2.63. The van der Waals surface area contributed by atoms with Gasteiger partial charge < -0.3 is 33.7 Å². The van der Waals surface area contributed by atoms with Crippen molar-refractivity contribution in [1.82, 2.24) is 5.32 Å². The quantitative estimate of drug-likeness (QED) is 0.0237. The van der Waals surface area contributed by atoms with Gasteiger partial charge in [-0.05, 0) is 84.3 Å². The molecule has 1 amide bonds. The molecule has 1 N–H and O–H groups in total. The van der Waals surface area contributed by atoms with Crippen molar-refractivity contribution < 1.29 is 70.5 Å². The van der Waals surface area contributed by atoms with Gasteiger partial charge in [0.15, 0.2) is 18.3 Å². The summed E-state index contributed by atoms with van der Waals surface area (Å²) in [6.07, 6.45) is -5.28. The zero-order chi connectivity index (χ0) is 51.4. The lowest BCUT2D eigenvalue weighted by molar-refractivity contribution is -0.280. The van der Waals surface area contributed by atoms with Crippen LogP contribution >= 0.6 is 7.82 Å². The Labute approximate surface area is 425 Å². The lowest BCUT2D eigenvalue weighted by Gasteiger charge is -2.44. The molecule has 5 atom stereocenters. The van der Waals surface area contributed by atoms with Crippen LogP contribution in [0.15, 0.2) is 140 Å². The number of carbonyl (C=O) groups excluding carboxylic acids is 5. The number of fused-ring (bicyclic) bond motifs is 3. The summed E-state index contributed by atoms with van der Waals surface area (Å²) in [7, 11) is -4.55. The van der Waals surface area contributed by atoms with E-state index in [1.54, 1.807) is 54.6 Å². The van der Waals surface area contributed by atoms with E-state index in [0.29, 0.717) is 51.5 Å². The molecule has 1 heterocycles. The maximum atomic E-state index is 14.5. The number of carbonyl (C=O) groups is 5. The molecule has 2 aliphatic rings. The normalized spacial score (nSPS) is 18.1. The van der Waals surface area contributed by atoms with E-state index in [-0.39, 0.29) is 48.8 Å². The number of amides is 1. The van der Waals surface area contributed by atoms with E-state index >= 15 is 0 Å². The average Bonchev–Trinajstić information content (AvgIpc) is 3.74. The van der Waals surface area contributed by atoms with Crippen molar-refractivity contribution in [2.45, 2.75) is 102 Å². The fourth-order valence-corrected chi connectivity index (χ4v) is 9.65. The molecule has 0 spiro atoms. The SMILES string of the molecule is CCCCOP(=O)(OCCCC)O[C@H]1O[C@H](COC(=O)CCCCCNC(=O)OCC2c3ccccc3-c3ccccc32)[C@@H](OC(=O)c2ccccc2)[C@H](OC(=O)c2ccccc2)[C@@H]1OC(=O)c1ccccc1. The predicted octanol–water partition coefficient (Wildman–Crippen LogP) is 10.8. The first-order chi connectivity index (χ1) is 35.6. The van der Waals surface area contributed by atoms with Gasteiger partial charge in [0, 0.05) is 18.9 Å². The Kier molecular flexibility index (Phi) is 20.3. The Bertz CT molecular complexity index is 2570. The maximum absolute atomic E-state index is 14.5. The fraction of sp³-hybridized carbons (Fsp3) is 0.375. The monoisotopic (exact) mass is 1020 g/mol. The van der Waals surface area contributed by atoms with Gasteiger partial charge in [0.2, 0.25) is 6.29 Å². The molecule has 1 aliphatic heterocycles. The third-order valence-electron chi connectivity index (χ3n) is 12.2. The smallest absolute Gasteiger partial charge is 0.463 e. The number of rotatable bonds is 26. The third-order valence-corrected chi connectivity index (χ3v) is 13.6. The fourth-order valence-electron chi connectivity index (χ4n) is 8.32. The highest BCUT2D eigenvalue weighted by Crippen LogP contribution is 2.53. The molecule has 0 bridgehead atoms. The van der Waals surface area contributed by atoms with E-state index < -0.39 is 75.1 Å². The summed E-state index contributed by atoms with van der Waals surface area (Å²) in [5, 5.41) is 2.79. The van der Waals surface area contributed by atoms with Gasteiger partial charge in [-0.2, -0.15) is 0 Å². The van der Waals surface area contributed by atoms with Gasteiger partial charge in [-0.1, -0.05) is 136 Å². The van der Waals surface area contributed by atoms with E-state index in [0.717, 1.165) is 22.3 Å². The molecule has 0 radical (unpaired) electrons. The highest BCUT2D eigenvalue weighted by Gasteiger charge is 2.55. The van der Waals surface area contributed by atoms with Gasteiger partial charge in [0.1, 0.15) is 19.3 Å². The van der Waals surface area contributed by atoms with Crippen molar-refractivity contribution in [2.75, 3.05) is 33.0 Å². The van der Waals surface area contributed by atoms with Gasteiger partial charge in [-0.3, -0.25) is 18.4 Å². The summed E-state index contributed by atoms with van der Waals surface area (Å²) in [6.45, 7) is 3.67. The van der Waals surface area contributed by atoms with Gasteiger partial charge in [0.25, 0.3) is 0 Å². The number of benzene rings is 5. The Balaban J connectivity index is 1.06. The van der Waals surface area contributed by atoms with E-state index in [1.165, 1.54) is 36.4 Å². The van der Waals surface area contributed by atoms with Crippen LogP contribution in [0, 0.1) is 0 Å². The summed E-state index contributed by atoms with van der Waals surface area (Å²) >= 11 is 0. The van der Waals surface area contributed by atoms with E-state index in [1.807, 2.05) is 38.1 Å². The van der Waals surface area contributed by atoms with Crippen LogP contribution < -0.4 is 5.32 Å². The van der Waals surface area contributed by atoms with Crippen LogP contribution in [-0.4, -0.2) is 93.6 Å². The summed E-state index contributed by atoms with van der Waals surface area (Å²) < 4.78 is 68.2. The van der Waals surface area contributed by atoms with Crippen LogP contribution in [0.2, 0.25) is 0 Å². The topological polar surface area (TPSA) is 198 Å². The van der Waals surface area contributed by atoms with Crippen molar-refractivity contribution in [2.24, 2.45) is 0 Å². The predicted molar refractivity (Wildman–Crippen MR) is 269 cm³/mol. The Morgan fingerprint density at radius 3 is 1.53 bits per heavy atom. The molecule has 1 saturated heterocycles. The van der Waals surface area contributed by atoms with Gasteiger partial charge in [-0.15, -0.1) is 0 Å². The molecule has 0 saturated carbocycles. The van der Waals surface area contributed by atoms with Crippen molar-refractivity contribution in [3.05, 3.63) is 167 Å². The van der Waals surface area contributed by atoms with Gasteiger partial charge in [-0.25, -0.2) is 23.7 Å². The standard InChI is InChI=1S/C56H62NO15P/c1-3-5-35-66-73(63,67-36-6-4-2)72-55-51(71-54(61)41-27-15-9-16-28-41)50(70-53(60)40-25-13-8-14-26-40)49(69-52(59)39-23-11-7-12-24-39)47(68-55)38-64-48(58)33-17-10-22-34-57-56(62)65-37-46-44-31-20-18-29-42(44)43-30-19-21-32-45(43)46/h7-9,11-16,18-21,23-32,46-47,49-51,55H,3-6,10,17,22,33-38H2,1-2H3,(H,57,62)/t47-,49-,50+,51+,55-/m1/s1. The second-order valence-electron chi connectivity index (χ2n) is 17.4. The molecular weight excluding hydrogens is 958 g/mol. The molecule has 1 aliphatic carbocycles. The number of esters is 4. The molecule has 0 aromatic heterocycles. The molecule has 5 aromatic carbocycles. The first-order valence-electron chi connectivity index (χ1n) is 24.8. The highest BCUT2D eigenvalue weighted by atomic mass is 31.2. The van der Waals surface area contributed by atoms with E-state index in [9.17, 15) is 28.5 Å². The largest absolute Gasteiger partial charge is 0.477 e.